The van der Waals surface area contributed by atoms with Gasteiger partial charge in [-0.15, -0.1) is 0 Å². The van der Waals surface area contributed by atoms with Crippen molar-refractivity contribution >= 4 is 28.1 Å². The molecule has 1 aromatic heterocycles. The van der Waals surface area contributed by atoms with Crippen molar-refractivity contribution in [3.05, 3.63) is 21.7 Å². The lowest BCUT2D eigenvalue weighted by Crippen LogP contribution is -2.30. The van der Waals surface area contributed by atoms with Crippen LogP contribution in [0.4, 0.5) is 0 Å². The Morgan fingerprint density at radius 1 is 1.19 bits per heavy atom. The molecule has 0 bridgehead atoms. The van der Waals surface area contributed by atoms with Gasteiger partial charge in [0.25, 0.3) is 0 Å². The van der Waals surface area contributed by atoms with Gasteiger partial charge < -0.3 is 4.43 Å². The van der Waals surface area contributed by atoms with Crippen molar-refractivity contribution in [2.24, 2.45) is 0 Å². The van der Waals surface area contributed by atoms with Gasteiger partial charge in [-0.05, 0) is 56.5 Å². The SMILES string of the molecule is C[Si](C)(C)Oc1cpc(Cl)c2c1CCCC2. The van der Waals surface area contributed by atoms with Gasteiger partial charge in [0, 0.05) is 5.80 Å². The van der Waals surface area contributed by atoms with Crippen LogP contribution in [0.1, 0.15) is 24.0 Å². The first kappa shape index (κ1) is 12.4. The van der Waals surface area contributed by atoms with Crippen LogP contribution in [-0.4, -0.2) is 8.32 Å². The molecule has 1 aliphatic rings. The summed E-state index contributed by atoms with van der Waals surface area (Å²) in [5.74, 6) is 3.27. The Kier molecular flexibility index (Phi) is 3.63. The molecule has 0 fully saturated rings. The number of hydrogen-bond acceptors (Lipinski definition) is 1. The molecule has 0 atom stereocenters. The average molecular weight is 273 g/mol. The van der Waals surface area contributed by atoms with E-state index < -0.39 is 8.32 Å². The van der Waals surface area contributed by atoms with Crippen LogP contribution in [0.15, 0.2) is 5.80 Å². The van der Waals surface area contributed by atoms with Gasteiger partial charge in [0.15, 0.2) is 0 Å². The highest BCUT2D eigenvalue weighted by atomic mass is 35.5. The lowest BCUT2D eigenvalue weighted by molar-refractivity contribution is 0.540. The van der Waals surface area contributed by atoms with Gasteiger partial charge in [0.05, 0.1) is 4.75 Å². The molecule has 2 rings (SSSR count). The second kappa shape index (κ2) is 4.68. The van der Waals surface area contributed by atoms with E-state index in [4.69, 9.17) is 16.0 Å². The first-order valence-corrected chi connectivity index (χ1v) is 10.6. The molecule has 4 heteroatoms. The molecule has 1 nitrogen and oxygen atoms in total. The molecule has 0 saturated heterocycles. The van der Waals surface area contributed by atoms with Crippen LogP contribution in [0.25, 0.3) is 0 Å². The van der Waals surface area contributed by atoms with E-state index in [9.17, 15) is 0 Å². The third-order valence-corrected chi connectivity index (χ3v) is 4.94. The molecule has 0 saturated carbocycles. The molecule has 0 unspecified atom stereocenters. The summed E-state index contributed by atoms with van der Waals surface area (Å²) in [6.07, 6.45) is 4.81. The topological polar surface area (TPSA) is 9.23 Å². The first-order chi connectivity index (χ1) is 7.47. The summed E-state index contributed by atoms with van der Waals surface area (Å²) < 4.78 is 7.17. The Morgan fingerprint density at radius 2 is 1.81 bits per heavy atom. The smallest absolute Gasteiger partial charge is 0.242 e. The van der Waals surface area contributed by atoms with Gasteiger partial charge >= 0.3 is 0 Å². The van der Waals surface area contributed by atoms with E-state index in [1.807, 2.05) is 0 Å². The minimum Gasteiger partial charge on any atom is -0.544 e. The summed E-state index contributed by atoms with van der Waals surface area (Å²) in [4.78, 5) is 0. The molecule has 0 aromatic carbocycles. The molecule has 0 N–H and O–H groups in total. The fourth-order valence-electron chi connectivity index (χ4n) is 2.09. The van der Waals surface area contributed by atoms with E-state index in [-0.39, 0.29) is 0 Å². The lowest BCUT2D eigenvalue weighted by atomic mass is 9.94. The molecule has 0 spiro atoms. The predicted octanol–water partition coefficient (Wildman–Crippen LogP) is 5.01. The molecule has 88 valence electrons. The number of fused-ring (bicyclic) bond motifs is 1. The summed E-state index contributed by atoms with van der Waals surface area (Å²) >= 11 is 6.28. The van der Waals surface area contributed by atoms with Gasteiger partial charge in [-0.2, -0.15) is 0 Å². The molecule has 16 heavy (non-hydrogen) atoms. The van der Waals surface area contributed by atoms with E-state index >= 15 is 0 Å². The monoisotopic (exact) mass is 272 g/mol. The zero-order chi connectivity index (χ0) is 11.8. The third-order valence-electron chi connectivity index (χ3n) is 2.73. The molecule has 1 heterocycles. The van der Waals surface area contributed by atoms with Crippen LogP contribution in [0, 0.1) is 0 Å². The van der Waals surface area contributed by atoms with Crippen LogP contribution < -0.4 is 4.43 Å². The minimum absolute atomic E-state index is 1.01. The summed E-state index contributed by atoms with van der Waals surface area (Å²) in [6.45, 7) is 6.69. The van der Waals surface area contributed by atoms with Crippen molar-refractivity contribution in [2.75, 3.05) is 0 Å². The summed E-state index contributed by atoms with van der Waals surface area (Å²) in [6, 6.07) is 0. The van der Waals surface area contributed by atoms with Crippen molar-refractivity contribution in [3.8, 4) is 5.75 Å². The second-order valence-corrected chi connectivity index (χ2v) is 11.3. The van der Waals surface area contributed by atoms with Crippen molar-refractivity contribution in [2.45, 2.75) is 45.3 Å². The van der Waals surface area contributed by atoms with E-state index in [1.165, 1.54) is 24.0 Å². The highest BCUT2D eigenvalue weighted by Gasteiger charge is 2.22. The van der Waals surface area contributed by atoms with Crippen molar-refractivity contribution in [1.29, 1.82) is 0 Å². The predicted molar refractivity (Wildman–Crippen MR) is 74.6 cm³/mol. The van der Waals surface area contributed by atoms with E-state index in [0.717, 1.165) is 31.5 Å². The van der Waals surface area contributed by atoms with E-state index in [1.54, 1.807) is 0 Å². The van der Waals surface area contributed by atoms with Crippen molar-refractivity contribution in [1.82, 2.24) is 0 Å². The average Bonchev–Trinajstić information content (AvgIpc) is 2.21. The quantitative estimate of drug-likeness (QED) is 0.688. The third kappa shape index (κ3) is 2.79. The van der Waals surface area contributed by atoms with Gasteiger partial charge in [0.2, 0.25) is 8.32 Å². The molecule has 1 aromatic rings. The minimum atomic E-state index is -1.50. The molecular formula is C12H18ClOPSi. The Bertz CT molecular complexity index is 401. The zero-order valence-corrected chi connectivity index (χ0v) is 12.8. The second-order valence-electron chi connectivity index (χ2n) is 5.29. The Balaban J connectivity index is 2.39. The van der Waals surface area contributed by atoms with E-state index in [2.05, 4.69) is 25.4 Å². The number of hydrogen-bond donors (Lipinski definition) is 0. The van der Waals surface area contributed by atoms with Gasteiger partial charge in [-0.1, -0.05) is 19.8 Å². The van der Waals surface area contributed by atoms with Crippen LogP contribution in [0.2, 0.25) is 24.4 Å². The van der Waals surface area contributed by atoms with Crippen LogP contribution in [0.5, 0.6) is 5.75 Å². The molecule has 1 aliphatic carbocycles. The largest absolute Gasteiger partial charge is 0.544 e. The van der Waals surface area contributed by atoms with Crippen LogP contribution in [0.3, 0.4) is 0 Å². The maximum absolute atomic E-state index is 6.28. The van der Waals surface area contributed by atoms with Crippen molar-refractivity contribution < 1.29 is 4.43 Å². The molecule has 0 amide bonds. The van der Waals surface area contributed by atoms with Crippen LogP contribution >= 0.6 is 19.8 Å². The van der Waals surface area contributed by atoms with Crippen LogP contribution in [-0.2, 0) is 12.8 Å². The Labute approximate surface area is 105 Å². The summed E-state index contributed by atoms with van der Waals surface area (Å²) in [5, 5.41) is 0. The highest BCUT2D eigenvalue weighted by molar-refractivity contribution is 7.33. The molecule has 0 aliphatic heterocycles. The first-order valence-electron chi connectivity index (χ1n) is 5.82. The normalized spacial score (nSPS) is 16.2. The summed E-state index contributed by atoms with van der Waals surface area (Å²) in [5.41, 5.74) is 2.75. The maximum Gasteiger partial charge on any atom is 0.242 e. The van der Waals surface area contributed by atoms with Gasteiger partial charge in [0.1, 0.15) is 5.75 Å². The van der Waals surface area contributed by atoms with E-state index in [0.29, 0.717) is 0 Å². The maximum atomic E-state index is 6.28. The highest BCUT2D eigenvalue weighted by Crippen LogP contribution is 2.40. The fraction of sp³-hybridized carbons (Fsp3) is 0.583. The fourth-order valence-corrected chi connectivity index (χ4v) is 4.23. The standard InChI is InChI=1S/C12H18ClOPSi/c1-16(2,3)14-11-8-15-12(13)10-7-5-4-6-9(10)11/h8H,4-7H2,1-3H3. The Morgan fingerprint density at radius 3 is 2.44 bits per heavy atom. The van der Waals surface area contributed by atoms with Gasteiger partial charge in [-0.3, -0.25) is 0 Å². The summed E-state index contributed by atoms with van der Waals surface area (Å²) in [7, 11) is -0.391. The number of rotatable bonds is 2. The lowest BCUT2D eigenvalue weighted by Gasteiger charge is -2.25. The zero-order valence-electron chi connectivity index (χ0n) is 10.1. The van der Waals surface area contributed by atoms with Crippen molar-refractivity contribution in [3.63, 3.8) is 0 Å². The molecule has 0 radical (unpaired) electrons. The van der Waals surface area contributed by atoms with Gasteiger partial charge in [-0.25, -0.2) is 0 Å². The number of halogens is 1. The molecular weight excluding hydrogens is 255 g/mol. The Hall–Kier alpha value is -0.0431.